The zero-order chi connectivity index (χ0) is 11.3. The highest BCUT2D eigenvalue weighted by Gasteiger charge is 2.06. The van der Waals surface area contributed by atoms with E-state index in [9.17, 15) is 0 Å². The number of benzene rings is 1. The maximum atomic E-state index is 8.59. The predicted molar refractivity (Wildman–Crippen MR) is 59.9 cm³/mol. The molecule has 1 aromatic rings. The Hall–Kier alpha value is -1.24. The van der Waals surface area contributed by atoms with Crippen molar-refractivity contribution in [2.24, 2.45) is 5.73 Å². The van der Waals surface area contributed by atoms with E-state index in [2.05, 4.69) is 0 Å². The molecule has 2 N–H and O–H groups in total. The Morgan fingerprint density at radius 2 is 2.33 bits per heavy atom. The summed E-state index contributed by atoms with van der Waals surface area (Å²) < 4.78 is 5.30. The van der Waals surface area contributed by atoms with E-state index >= 15 is 0 Å². The van der Waals surface area contributed by atoms with E-state index in [0.29, 0.717) is 17.3 Å². The minimum absolute atomic E-state index is 0.497. The van der Waals surface area contributed by atoms with Gasteiger partial charge in [0.05, 0.1) is 5.02 Å². The lowest BCUT2D eigenvalue weighted by atomic mass is 10.1. The fourth-order valence-corrected chi connectivity index (χ4v) is 1.43. The Balaban J connectivity index is 2.80. The van der Waals surface area contributed by atoms with Crippen molar-refractivity contribution in [2.75, 3.05) is 6.54 Å². The maximum absolute atomic E-state index is 8.59. The first-order valence-corrected chi connectivity index (χ1v) is 5.10. The number of nitrogens with two attached hydrogens (primary N) is 1. The summed E-state index contributed by atoms with van der Waals surface area (Å²) in [6.07, 6.45) is 0.288. The molecule has 0 radical (unpaired) electrons. The number of halogens is 1. The molecule has 3 nitrogen and oxygen atoms in total. The van der Waals surface area contributed by atoms with Crippen molar-refractivity contribution < 1.29 is 4.74 Å². The highest BCUT2D eigenvalue weighted by Crippen LogP contribution is 2.26. The molecule has 0 amide bonds. The largest absolute Gasteiger partial charge is 0.474 e. The Labute approximate surface area is 94.4 Å². The zero-order valence-electron chi connectivity index (χ0n) is 8.53. The highest BCUT2D eigenvalue weighted by atomic mass is 35.5. The Kier molecular flexibility index (Phi) is 4.41. The van der Waals surface area contributed by atoms with E-state index < -0.39 is 6.10 Å². The first-order valence-electron chi connectivity index (χ1n) is 4.72. The molecule has 1 aromatic carbocycles. The normalized spacial score (nSPS) is 11.9. The van der Waals surface area contributed by atoms with Crippen molar-refractivity contribution in [3.63, 3.8) is 0 Å². The zero-order valence-corrected chi connectivity index (χ0v) is 9.29. The van der Waals surface area contributed by atoms with Crippen molar-refractivity contribution >= 4 is 11.6 Å². The van der Waals surface area contributed by atoms with Gasteiger partial charge in [0.15, 0.2) is 6.10 Å². The van der Waals surface area contributed by atoms with Gasteiger partial charge >= 0.3 is 0 Å². The third kappa shape index (κ3) is 3.43. The quantitative estimate of drug-likeness (QED) is 0.853. The van der Waals surface area contributed by atoms with E-state index in [1.54, 1.807) is 13.0 Å². The Morgan fingerprint density at radius 3 is 2.87 bits per heavy atom. The molecule has 1 unspecified atom stereocenters. The molecule has 80 valence electrons. The lowest BCUT2D eigenvalue weighted by Crippen LogP contribution is -2.09. The smallest absolute Gasteiger partial charge is 0.181 e. The fourth-order valence-electron chi connectivity index (χ4n) is 1.18. The summed E-state index contributed by atoms with van der Waals surface area (Å²) in [4.78, 5) is 0. The topological polar surface area (TPSA) is 59.0 Å². The first-order chi connectivity index (χ1) is 7.17. The molecule has 0 aromatic heterocycles. The molecule has 0 heterocycles. The summed E-state index contributed by atoms with van der Waals surface area (Å²) in [5.41, 5.74) is 6.50. The van der Waals surface area contributed by atoms with Crippen molar-refractivity contribution in [3.8, 4) is 11.8 Å². The van der Waals surface area contributed by atoms with Crippen molar-refractivity contribution in [2.45, 2.75) is 19.4 Å². The van der Waals surface area contributed by atoms with Crippen LogP contribution in [0.4, 0.5) is 0 Å². The van der Waals surface area contributed by atoms with Crippen LogP contribution in [-0.4, -0.2) is 12.6 Å². The van der Waals surface area contributed by atoms with E-state index in [-0.39, 0.29) is 0 Å². The highest BCUT2D eigenvalue weighted by molar-refractivity contribution is 6.32. The molecule has 0 aliphatic rings. The van der Waals surface area contributed by atoms with Gasteiger partial charge in [-0.05, 0) is 37.6 Å². The second-order valence-electron chi connectivity index (χ2n) is 3.19. The van der Waals surface area contributed by atoms with Crippen molar-refractivity contribution in [1.82, 2.24) is 0 Å². The second-order valence-corrected chi connectivity index (χ2v) is 3.60. The van der Waals surface area contributed by atoms with Crippen LogP contribution in [0, 0.1) is 11.3 Å². The van der Waals surface area contributed by atoms with Crippen LogP contribution in [0.15, 0.2) is 18.2 Å². The molecule has 1 rings (SSSR count). The van der Waals surface area contributed by atoms with Crippen LogP contribution in [0.25, 0.3) is 0 Å². The van der Waals surface area contributed by atoms with Crippen LogP contribution in [-0.2, 0) is 6.42 Å². The molecule has 0 aliphatic carbocycles. The molecular weight excluding hydrogens is 212 g/mol. The third-order valence-electron chi connectivity index (χ3n) is 1.91. The Bertz CT molecular complexity index is 373. The van der Waals surface area contributed by atoms with Crippen LogP contribution in [0.1, 0.15) is 12.5 Å². The van der Waals surface area contributed by atoms with Crippen molar-refractivity contribution in [1.29, 1.82) is 5.26 Å². The summed E-state index contributed by atoms with van der Waals surface area (Å²) in [5, 5.41) is 9.11. The summed E-state index contributed by atoms with van der Waals surface area (Å²) >= 11 is 5.99. The van der Waals surface area contributed by atoms with Gasteiger partial charge in [0.2, 0.25) is 0 Å². The molecule has 0 aliphatic heterocycles. The molecule has 0 fully saturated rings. The number of nitriles is 1. The van der Waals surface area contributed by atoms with Crippen LogP contribution >= 0.6 is 11.6 Å². The summed E-state index contributed by atoms with van der Waals surface area (Å²) in [7, 11) is 0. The standard InChI is InChI=1S/C11H13ClN2O/c1-8(7-14)15-11-3-2-9(4-5-13)6-10(11)12/h2-3,6,8H,4-5,13H2,1H3. The van der Waals surface area contributed by atoms with Gasteiger partial charge < -0.3 is 10.5 Å². The fraction of sp³-hybridized carbons (Fsp3) is 0.364. The first kappa shape index (κ1) is 11.8. The van der Waals surface area contributed by atoms with Gasteiger partial charge in [0.1, 0.15) is 11.8 Å². The SMILES string of the molecule is CC(C#N)Oc1ccc(CCN)cc1Cl. The third-order valence-corrected chi connectivity index (χ3v) is 2.21. The van der Waals surface area contributed by atoms with Crippen LogP contribution in [0.2, 0.25) is 5.02 Å². The lowest BCUT2D eigenvalue weighted by molar-refractivity contribution is 0.276. The van der Waals surface area contributed by atoms with E-state index in [0.717, 1.165) is 12.0 Å². The molecule has 15 heavy (non-hydrogen) atoms. The average molecular weight is 225 g/mol. The molecule has 4 heteroatoms. The van der Waals surface area contributed by atoms with Gasteiger partial charge in [0.25, 0.3) is 0 Å². The average Bonchev–Trinajstić information content (AvgIpc) is 2.22. The van der Waals surface area contributed by atoms with Crippen LogP contribution < -0.4 is 10.5 Å². The Morgan fingerprint density at radius 1 is 1.60 bits per heavy atom. The van der Waals surface area contributed by atoms with Crippen LogP contribution in [0.5, 0.6) is 5.75 Å². The maximum Gasteiger partial charge on any atom is 0.181 e. The number of hydrogen-bond acceptors (Lipinski definition) is 3. The van der Waals surface area contributed by atoms with Crippen LogP contribution in [0.3, 0.4) is 0 Å². The van der Waals surface area contributed by atoms with Gasteiger partial charge in [-0.2, -0.15) is 5.26 Å². The van der Waals surface area contributed by atoms with E-state index in [4.69, 9.17) is 27.3 Å². The van der Waals surface area contributed by atoms with Gasteiger partial charge in [0, 0.05) is 0 Å². The molecule has 1 atom stereocenters. The predicted octanol–water partition coefficient (Wildman–Crippen LogP) is 2.13. The summed E-state index contributed by atoms with van der Waals surface area (Å²) in [6, 6.07) is 7.46. The molecule has 0 saturated carbocycles. The monoisotopic (exact) mass is 224 g/mol. The second kappa shape index (κ2) is 5.59. The van der Waals surface area contributed by atoms with Gasteiger partial charge in [-0.25, -0.2) is 0 Å². The number of hydrogen-bond donors (Lipinski definition) is 1. The van der Waals surface area contributed by atoms with Crippen molar-refractivity contribution in [3.05, 3.63) is 28.8 Å². The van der Waals surface area contributed by atoms with E-state index in [1.807, 2.05) is 18.2 Å². The number of ether oxygens (including phenoxy) is 1. The lowest BCUT2D eigenvalue weighted by Gasteiger charge is -2.10. The number of nitrogens with zero attached hydrogens (tertiary/aromatic N) is 1. The van der Waals surface area contributed by atoms with Gasteiger partial charge in [-0.1, -0.05) is 17.7 Å². The molecule has 0 spiro atoms. The van der Waals surface area contributed by atoms with Gasteiger partial charge in [-0.15, -0.1) is 0 Å². The summed E-state index contributed by atoms with van der Waals surface area (Å²) in [6.45, 7) is 2.26. The number of rotatable bonds is 4. The molecular formula is C11H13ClN2O. The minimum atomic E-state index is -0.497. The summed E-state index contributed by atoms with van der Waals surface area (Å²) in [5.74, 6) is 0.534. The molecule has 0 saturated heterocycles. The van der Waals surface area contributed by atoms with Gasteiger partial charge in [-0.3, -0.25) is 0 Å². The molecule has 0 bridgehead atoms. The minimum Gasteiger partial charge on any atom is -0.474 e. The van der Waals surface area contributed by atoms with E-state index in [1.165, 1.54) is 0 Å².